The van der Waals surface area contributed by atoms with Crippen LogP contribution in [0.5, 0.6) is 0 Å². The van der Waals surface area contributed by atoms with Gasteiger partial charge < -0.3 is 10.6 Å². The predicted molar refractivity (Wildman–Crippen MR) is 140 cm³/mol. The number of carbonyl (C=O) groups is 1. The molecule has 2 aromatic heterocycles. The number of ether oxygens (including phenoxy) is 1. The molecular weight excluding hydrogens is 475 g/mol. The van der Waals surface area contributed by atoms with E-state index in [1.165, 1.54) is 42.2 Å². The lowest BCUT2D eigenvalue weighted by atomic mass is 10.1. The molecule has 0 spiro atoms. The monoisotopic (exact) mass is 500 g/mol. The van der Waals surface area contributed by atoms with Crippen molar-refractivity contribution in [2.45, 2.75) is 25.7 Å². The number of rotatable bonds is 9. The standard InChI is InChI=1S/C27H25FN6O3/c1-37-26(35)7-3-2-6-25-32-23-15-18(24(33-29)17-31-20-5-4-14-30-16-20)8-13-22(23)27(36)34(25)21-11-9-19(28)10-12-21/h4-5,8-17H,2-3,6-7,29H2,1H3. The topological polar surface area (TPSA) is 125 Å². The van der Waals surface area contributed by atoms with E-state index < -0.39 is 5.82 Å². The normalized spacial score (nSPS) is 11.8. The lowest BCUT2D eigenvalue weighted by molar-refractivity contribution is -0.140. The Morgan fingerprint density at radius 2 is 1.97 bits per heavy atom. The van der Waals surface area contributed by atoms with Gasteiger partial charge >= 0.3 is 5.97 Å². The molecule has 0 saturated carbocycles. The summed E-state index contributed by atoms with van der Waals surface area (Å²) in [6.45, 7) is 0. The van der Waals surface area contributed by atoms with E-state index in [4.69, 9.17) is 15.6 Å². The highest BCUT2D eigenvalue weighted by Crippen LogP contribution is 2.18. The maximum absolute atomic E-state index is 13.6. The van der Waals surface area contributed by atoms with Crippen LogP contribution in [-0.2, 0) is 16.0 Å². The molecule has 4 aromatic rings. The molecule has 4 rings (SSSR count). The van der Waals surface area contributed by atoms with Crippen LogP contribution in [0.3, 0.4) is 0 Å². The van der Waals surface area contributed by atoms with Gasteiger partial charge in [0.05, 0.1) is 41.8 Å². The van der Waals surface area contributed by atoms with Gasteiger partial charge in [-0.3, -0.25) is 24.1 Å². The van der Waals surface area contributed by atoms with Crippen molar-refractivity contribution in [3.05, 3.63) is 94.5 Å². The fourth-order valence-electron chi connectivity index (χ4n) is 3.82. The second-order valence-electron chi connectivity index (χ2n) is 8.14. The van der Waals surface area contributed by atoms with E-state index in [0.717, 1.165) is 0 Å². The Hall–Kier alpha value is -4.73. The summed E-state index contributed by atoms with van der Waals surface area (Å²) in [5, 5.41) is 4.22. The molecule has 10 heteroatoms. The number of esters is 1. The summed E-state index contributed by atoms with van der Waals surface area (Å²) in [6.07, 6.45) is 6.63. The average Bonchev–Trinajstić information content (AvgIpc) is 2.92. The third-order valence-corrected chi connectivity index (χ3v) is 5.70. The number of hydrogen-bond donors (Lipinski definition) is 1. The molecule has 188 valence electrons. The molecular formula is C27H25FN6O3. The third-order valence-electron chi connectivity index (χ3n) is 5.70. The molecule has 2 aromatic carbocycles. The van der Waals surface area contributed by atoms with Crippen LogP contribution in [0.25, 0.3) is 16.6 Å². The Kier molecular flexibility index (Phi) is 8.09. The molecule has 0 aliphatic carbocycles. The van der Waals surface area contributed by atoms with Crippen molar-refractivity contribution < 1.29 is 13.9 Å². The van der Waals surface area contributed by atoms with Crippen LogP contribution in [0.4, 0.5) is 10.1 Å². The molecule has 0 radical (unpaired) electrons. The van der Waals surface area contributed by atoms with Gasteiger partial charge in [-0.1, -0.05) is 6.07 Å². The van der Waals surface area contributed by atoms with Crippen molar-refractivity contribution in [2.24, 2.45) is 15.9 Å². The fraction of sp³-hybridized carbons (Fsp3) is 0.185. The van der Waals surface area contributed by atoms with Gasteiger partial charge in [-0.05, 0) is 61.4 Å². The highest BCUT2D eigenvalue weighted by molar-refractivity contribution is 6.38. The zero-order valence-corrected chi connectivity index (χ0v) is 20.2. The van der Waals surface area contributed by atoms with Crippen LogP contribution < -0.4 is 11.4 Å². The first kappa shape index (κ1) is 25.4. The molecule has 0 unspecified atom stereocenters. The van der Waals surface area contributed by atoms with Crippen molar-refractivity contribution >= 4 is 34.5 Å². The maximum Gasteiger partial charge on any atom is 0.305 e. The highest BCUT2D eigenvalue weighted by Gasteiger charge is 2.15. The number of benzene rings is 2. The van der Waals surface area contributed by atoms with E-state index in [0.29, 0.717) is 58.6 Å². The van der Waals surface area contributed by atoms with Crippen LogP contribution in [-0.4, -0.2) is 39.5 Å². The van der Waals surface area contributed by atoms with Crippen LogP contribution in [0.1, 0.15) is 30.7 Å². The third kappa shape index (κ3) is 6.10. The molecule has 37 heavy (non-hydrogen) atoms. The summed E-state index contributed by atoms with van der Waals surface area (Å²) in [5.41, 5.74) is 2.33. The lowest BCUT2D eigenvalue weighted by Gasteiger charge is -2.14. The SMILES string of the molecule is COC(=O)CCCCc1nc2cc(C(C=Nc3cccnc3)=NN)ccc2c(=O)n1-c1ccc(F)cc1. The minimum Gasteiger partial charge on any atom is -0.469 e. The number of pyridine rings is 1. The van der Waals surface area contributed by atoms with Crippen LogP contribution in [0.2, 0.25) is 0 Å². The number of unbranched alkanes of at least 4 members (excludes halogenated alkanes) is 1. The van der Waals surface area contributed by atoms with E-state index in [9.17, 15) is 14.0 Å². The first-order chi connectivity index (χ1) is 18.0. The van der Waals surface area contributed by atoms with Gasteiger partial charge in [-0.2, -0.15) is 5.10 Å². The van der Waals surface area contributed by atoms with E-state index >= 15 is 0 Å². The minimum absolute atomic E-state index is 0.265. The van der Waals surface area contributed by atoms with E-state index in [-0.39, 0.29) is 17.9 Å². The van der Waals surface area contributed by atoms with Gasteiger partial charge in [0.1, 0.15) is 17.4 Å². The summed E-state index contributed by atoms with van der Waals surface area (Å²) in [5.74, 6) is 5.41. The van der Waals surface area contributed by atoms with E-state index in [1.807, 2.05) is 0 Å². The van der Waals surface area contributed by atoms with E-state index in [1.54, 1.807) is 42.7 Å². The molecule has 0 atom stereocenters. The van der Waals surface area contributed by atoms with Gasteiger partial charge in [0.25, 0.3) is 5.56 Å². The van der Waals surface area contributed by atoms with Crippen molar-refractivity contribution in [3.8, 4) is 5.69 Å². The van der Waals surface area contributed by atoms with Gasteiger partial charge in [0.15, 0.2) is 0 Å². The van der Waals surface area contributed by atoms with Crippen LogP contribution >= 0.6 is 0 Å². The van der Waals surface area contributed by atoms with Crippen LogP contribution in [0.15, 0.2) is 81.9 Å². The molecule has 0 bridgehead atoms. The number of halogens is 1. The largest absolute Gasteiger partial charge is 0.469 e. The number of fused-ring (bicyclic) bond motifs is 1. The second-order valence-corrected chi connectivity index (χ2v) is 8.14. The number of nitrogens with zero attached hydrogens (tertiary/aromatic N) is 5. The number of carbonyl (C=O) groups excluding carboxylic acids is 1. The number of aryl methyl sites for hydroxylation is 1. The molecule has 0 amide bonds. The zero-order valence-electron chi connectivity index (χ0n) is 20.2. The molecule has 0 fully saturated rings. The predicted octanol–water partition coefficient (Wildman–Crippen LogP) is 3.87. The summed E-state index contributed by atoms with van der Waals surface area (Å²) < 4.78 is 19.7. The van der Waals surface area contributed by atoms with Crippen molar-refractivity contribution in [1.29, 1.82) is 0 Å². The smallest absolute Gasteiger partial charge is 0.305 e. The average molecular weight is 501 g/mol. The van der Waals surface area contributed by atoms with Gasteiger partial charge in [0, 0.05) is 24.6 Å². The number of hydrogen-bond acceptors (Lipinski definition) is 8. The molecule has 0 aliphatic heterocycles. The summed E-state index contributed by atoms with van der Waals surface area (Å²) in [4.78, 5) is 38.2. The van der Waals surface area contributed by atoms with E-state index in [2.05, 4.69) is 15.1 Å². The first-order valence-electron chi connectivity index (χ1n) is 11.6. The fourth-order valence-corrected chi connectivity index (χ4v) is 3.82. The summed E-state index contributed by atoms with van der Waals surface area (Å²) in [7, 11) is 1.34. The molecule has 2 heterocycles. The Labute approximate surface area is 212 Å². The Morgan fingerprint density at radius 1 is 1.16 bits per heavy atom. The zero-order chi connectivity index (χ0) is 26.2. The number of aromatic nitrogens is 3. The minimum atomic E-state index is -0.406. The van der Waals surface area contributed by atoms with Gasteiger partial charge in [-0.15, -0.1) is 0 Å². The molecule has 0 saturated heterocycles. The summed E-state index contributed by atoms with van der Waals surface area (Å²) >= 11 is 0. The van der Waals surface area contributed by atoms with Gasteiger partial charge in [-0.25, -0.2) is 9.37 Å². The summed E-state index contributed by atoms with van der Waals surface area (Å²) in [6, 6.07) is 14.3. The Morgan fingerprint density at radius 3 is 2.68 bits per heavy atom. The second kappa shape index (κ2) is 11.8. The first-order valence-corrected chi connectivity index (χ1v) is 11.6. The highest BCUT2D eigenvalue weighted by atomic mass is 19.1. The number of methoxy groups -OCH3 is 1. The number of nitrogens with two attached hydrogens (primary N) is 1. The molecule has 0 aliphatic rings. The lowest BCUT2D eigenvalue weighted by Crippen LogP contribution is -2.24. The number of hydrazone groups is 1. The van der Waals surface area contributed by atoms with Gasteiger partial charge in [0.2, 0.25) is 0 Å². The maximum atomic E-state index is 13.6. The molecule has 2 N–H and O–H groups in total. The Bertz CT molecular complexity index is 1520. The number of aliphatic imine (C=N–C) groups is 1. The quantitative estimate of drug-likeness (QED) is 0.122. The van der Waals surface area contributed by atoms with Crippen molar-refractivity contribution in [1.82, 2.24) is 14.5 Å². The van der Waals surface area contributed by atoms with Crippen molar-refractivity contribution in [3.63, 3.8) is 0 Å². The van der Waals surface area contributed by atoms with Crippen molar-refractivity contribution in [2.75, 3.05) is 7.11 Å². The Balaban J connectivity index is 1.73. The van der Waals surface area contributed by atoms with Crippen LogP contribution in [0, 0.1) is 5.82 Å². The molecule has 9 nitrogen and oxygen atoms in total.